The first-order chi connectivity index (χ1) is 1.91. The highest BCUT2D eigenvalue weighted by Crippen LogP contribution is 2.04. The maximum Gasteiger partial charge on any atom is 0.0293 e. The molecule has 0 aliphatic heterocycles. The quantitative estimate of drug-likeness (QED) is 0.451. The Hall–Kier alpha value is 1.77. The second-order valence-corrected chi connectivity index (χ2v) is 3.11. The van der Waals surface area contributed by atoms with E-state index in [2.05, 4.69) is 47.0 Å². The molecule has 0 radical (unpaired) electrons. The fourth-order valence-corrected chi connectivity index (χ4v) is 0. The molecular weight excluding hydrogens is 300 g/mol. The minimum atomic E-state index is 1.56. The highest BCUT2D eigenvalue weighted by Gasteiger charge is 1.56. The molecule has 0 fully saturated rings. The second-order valence-electron chi connectivity index (χ2n) is 0.154. The first-order valence-corrected chi connectivity index (χ1v) is 4.99. The second kappa shape index (κ2) is 4.77. The third-order valence-electron chi connectivity index (χ3n) is 0.0292. The highest BCUT2D eigenvalue weighted by molar-refractivity contribution is 14.2. The monoisotopic (exact) mass is 301 g/mol. The van der Waals surface area contributed by atoms with E-state index in [1.165, 1.54) is 0 Å². The Balaban J connectivity index is 1.97. The lowest BCUT2D eigenvalue weighted by Gasteiger charge is -1.69. The molecule has 0 bridgehead atoms. The molecule has 0 aromatic heterocycles. The van der Waals surface area contributed by atoms with Crippen molar-refractivity contribution in [1.29, 1.82) is 0 Å². The Kier molecular flexibility index (Phi) is 6.88. The maximum absolute atomic E-state index is 2.80. The molecule has 0 aliphatic carbocycles. The average Bonchev–Trinajstić information content (AvgIpc) is 1.37. The van der Waals surface area contributed by atoms with E-state index in [-0.39, 0.29) is 0 Å². The molecule has 1 nitrogen and oxygen atoms in total. The molecule has 0 rings (SSSR count). The van der Waals surface area contributed by atoms with Crippen LogP contribution in [0, 0.1) is 0 Å². The van der Waals surface area contributed by atoms with Gasteiger partial charge in [-0.05, 0) is 0 Å². The van der Waals surface area contributed by atoms with Crippen LogP contribution in [0.5, 0.6) is 0 Å². The SMILES string of the molecule is INSI. The van der Waals surface area contributed by atoms with E-state index in [1.54, 1.807) is 9.12 Å². The Morgan fingerprint density at radius 3 is 2.00 bits per heavy atom. The lowest BCUT2D eigenvalue weighted by Crippen LogP contribution is -1.64. The summed E-state index contributed by atoms with van der Waals surface area (Å²) in [5, 5.41) is 0. The van der Waals surface area contributed by atoms with E-state index in [9.17, 15) is 0 Å². The minimum absolute atomic E-state index is 1.56. The van der Waals surface area contributed by atoms with Gasteiger partial charge in [0, 0.05) is 53.2 Å². The number of rotatable bonds is 1. The van der Waals surface area contributed by atoms with Gasteiger partial charge in [-0.3, -0.25) is 0 Å². The van der Waals surface area contributed by atoms with Gasteiger partial charge in [0.1, 0.15) is 0 Å². The van der Waals surface area contributed by atoms with Crippen molar-refractivity contribution in [3.8, 4) is 0 Å². The van der Waals surface area contributed by atoms with Crippen LogP contribution in [0.4, 0.5) is 0 Å². The molecule has 26 valence electrons. The van der Waals surface area contributed by atoms with Gasteiger partial charge in [-0.15, -0.1) is 0 Å². The zero-order valence-corrected chi connectivity index (χ0v) is 6.80. The van der Waals surface area contributed by atoms with Crippen molar-refractivity contribution in [1.82, 2.24) is 2.94 Å². The van der Waals surface area contributed by atoms with Gasteiger partial charge in [-0.1, -0.05) is 0 Å². The zero-order chi connectivity index (χ0) is 3.41. The van der Waals surface area contributed by atoms with Gasteiger partial charge >= 0.3 is 0 Å². The number of hydrogen-bond donors (Lipinski definition) is 1. The molecule has 4 heteroatoms. The van der Waals surface area contributed by atoms with Crippen molar-refractivity contribution in [3.05, 3.63) is 0 Å². The molecule has 0 amide bonds. The molecule has 0 aromatic rings. The van der Waals surface area contributed by atoms with Crippen LogP contribution in [0.3, 0.4) is 0 Å². The molecule has 0 saturated heterocycles. The summed E-state index contributed by atoms with van der Waals surface area (Å²) in [4.78, 5) is 0. The third-order valence-corrected chi connectivity index (χ3v) is 3.94. The van der Waals surface area contributed by atoms with Crippen LogP contribution in [0.2, 0.25) is 0 Å². The van der Waals surface area contributed by atoms with Crippen LogP contribution < -0.4 is 2.94 Å². The average molecular weight is 301 g/mol. The lowest BCUT2D eigenvalue weighted by molar-refractivity contribution is 1.91. The van der Waals surface area contributed by atoms with E-state index in [0.717, 1.165) is 0 Å². The summed E-state index contributed by atoms with van der Waals surface area (Å²) >= 11 is 4.21. The van der Waals surface area contributed by atoms with Crippen molar-refractivity contribution in [2.75, 3.05) is 0 Å². The molecule has 0 spiro atoms. The van der Waals surface area contributed by atoms with E-state index in [4.69, 9.17) is 0 Å². The fourth-order valence-electron chi connectivity index (χ4n) is 0. The van der Waals surface area contributed by atoms with E-state index >= 15 is 0 Å². The standard InChI is InChI=1S/HI2NS/c1-3-4-2/h3H. The third kappa shape index (κ3) is 3.77. The van der Waals surface area contributed by atoms with Gasteiger partial charge in [0.05, 0.1) is 0 Å². The summed E-state index contributed by atoms with van der Waals surface area (Å²) in [6.45, 7) is 0. The predicted octanol–water partition coefficient (Wildman–Crippen LogP) is 1.92. The summed E-state index contributed by atoms with van der Waals surface area (Å²) in [6, 6.07) is 0. The van der Waals surface area contributed by atoms with Gasteiger partial charge in [0.15, 0.2) is 0 Å². The molecule has 0 unspecified atom stereocenters. The van der Waals surface area contributed by atoms with Gasteiger partial charge < -0.3 is 0 Å². The van der Waals surface area contributed by atoms with Crippen molar-refractivity contribution >= 4 is 53.2 Å². The zero-order valence-electron chi connectivity index (χ0n) is 1.66. The van der Waals surface area contributed by atoms with Crippen molar-refractivity contribution in [2.45, 2.75) is 0 Å². The van der Waals surface area contributed by atoms with E-state index < -0.39 is 0 Å². The Morgan fingerprint density at radius 2 is 2.00 bits per heavy atom. The summed E-state index contributed by atoms with van der Waals surface area (Å²) in [7, 11) is 1.56. The van der Waals surface area contributed by atoms with Crippen molar-refractivity contribution < 1.29 is 0 Å². The van der Waals surface area contributed by atoms with Gasteiger partial charge in [-0.2, -0.15) is 2.94 Å². The van der Waals surface area contributed by atoms with Crippen LogP contribution >= 0.6 is 53.2 Å². The molecule has 0 heterocycles. The Morgan fingerprint density at radius 1 is 1.75 bits per heavy atom. The molecule has 0 saturated carbocycles. The Labute approximate surface area is 55.5 Å². The van der Waals surface area contributed by atoms with Crippen LogP contribution in [-0.2, 0) is 0 Å². The van der Waals surface area contributed by atoms with Gasteiger partial charge in [0.2, 0.25) is 0 Å². The van der Waals surface area contributed by atoms with Gasteiger partial charge in [-0.25, -0.2) is 0 Å². The van der Waals surface area contributed by atoms with Crippen LogP contribution in [0.15, 0.2) is 0 Å². The molecule has 0 aliphatic rings. The van der Waals surface area contributed by atoms with Crippen LogP contribution in [0.25, 0.3) is 0 Å². The summed E-state index contributed by atoms with van der Waals surface area (Å²) < 4.78 is 2.80. The van der Waals surface area contributed by atoms with E-state index in [1.807, 2.05) is 0 Å². The molecule has 4 heavy (non-hydrogen) atoms. The minimum Gasteiger partial charge on any atom is -0.196 e. The predicted molar refractivity (Wildman–Crippen MR) is 38.8 cm³/mol. The Bertz CT molecular complexity index is 8.00. The number of nitrogens with one attached hydrogen (secondary N) is 1. The summed E-state index contributed by atoms with van der Waals surface area (Å²) in [5.74, 6) is 0. The first-order valence-electron chi connectivity index (χ1n) is 0.547. The summed E-state index contributed by atoms with van der Waals surface area (Å²) in [6.07, 6.45) is 0. The normalized spacial score (nSPS) is 7.50. The largest absolute Gasteiger partial charge is 0.196 e. The number of hydrogen-bond acceptors (Lipinski definition) is 2. The first kappa shape index (κ1) is 5.77. The van der Waals surface area contributed by atoms with Gasteiger partial charge in [0.25, 0.3) is 0 Å². The fraction of sp³-hybridized carbons (Fsp3) is 0. The van der Waals surface area contributed by atoms with Crippen LogP contribution in [-0.4, -0.2) is 0 Å². The molecule has 1 N–H and O–H groups in total. The topological polar surface area (TPSA) is 12.0 Å². The molecular formula is HI2NS. The smallest absolute Gasteiger partial charge is 0.0293 e. The maximum atomic E-state index is 2.80. The van der Waals surface area contributed by atoms with E-state index in [0.29, 0.717) is 0 Å². The van der Waals surface area contributed by atoms with Crippen molar-refractivity contribution in [3.63, 3.8) is 0 Å². The molecule has 0 aromatic carbocycles. The summed E-state index contributed by atoms with van der Waals surface area (Å²) in [5.41, 5.74) is 0. The number of halogens is 2. The molecule has 0 atom stereocenters. The lowest BCUT2D eigenvalue weighted by atomic mass is 13.9. The van der Waals surface area contributed by atoms with Crippen LogP contribution in [0.1, 0.15) is 0 Å². The highest BCUT2D eigenvalue weighted by atomic mass is 127. The van der Waals surface area contributed by atoms with Crippen molar-refractivity contribution in [2.24, 2.45) is 0 Å².